The lowest BCUT2D eigenvalue weighted by Gasteiger charge is -2.48. The molecule has 1 N–H and O–H groups in total. The molecule has 2 fully saturated rings. The molecule has 2 nitrogen and oxygen atoms in total. The molecule has 0 radical (unpaired) electrons. The van der Waals surface area contributed by atoms with Crippen LogP contribution in [-0.4, -0.2) is 10.9 Å². The minimum atomic E-state index is -0.0322. The second kappa shape index (κ2) is 4.09. The second-order valence-corrected chi connectivity index (χ2v) is 7.22. The maximum absolute atomic E-state index is 12.3. The first-order valence-electron chi connectivity index (χ1n) is 7.95. The van der Waals surface area contributed by atoms with Gasteiger partial charge in [-0.3, -0.25) is 4.79 Å². The third-order valence-electron chi connectivity index (χ3n) is 6.42. The Kier molecular flexibility index (Phi) is 2.55. The average Bonchev–Trinajstić information content (AvgIpc) is 2.74. The summed E-state index contributed by atoms with van der Waals surface area (Å²) >= 11 is 0. The molecule has 0 aliphatic heterocycles. The number of Topliss-reactive ketones (excluding diaryl/α,β-unsaturated/α-hetero) is 1. The van der Waals surface area contributed by atoms with E-state index in [4.69, 9.17) is 0 Å². The molecule has 0 heterocycles. The molecule has 0 saturated heterocycles. The summed E-state index contributed by atoms with van der Waals surface area (Å²) in [5.41, 5.74) is 2.75. The molecule has 20 heavy (non-hydrogen) atoms. The van der Waals surface area contributed by atoms with Gasteiger partial charge in [0.05, 0.1) is 0 Å². The molecular formula is C18H22O2. The molecule has 4 atom stereocenters. The molecule has 0 amide bonds. The summed E-state index contributed by atoms with van der Waals surface area (Å²) in [7, 11) is 0. The van der Waals surface area contributed by atoms with Gasteiger partial charge in [-0.15, -0.1) is 0 Å². The lowest BCUT2D eigenvalue weighted by molar-refractivity contribution is -0.129. The minimum Gasteiger partial charge on any atom is -0.508 e. The first-order valence-corrected chi connectivity index (χ1v) is 7.95. The first kappa shape index (κ1) is 12.4. The number of rotatable bonds is 0. The third-order valence-corrected chi connectivity index (χ3v) is 6.42. The minimum absolute atomic E-state index is 0.0322. The molecule has 2 heteroatoms. The number of phenols is 1. The van der Waals surface area contributed by atoms with Crippen molar-refractivity contribution in [3.05, 3.63) is 29.3 Å². The highest BCUT2D eigenvalue weighted by molar-refractivity contribution is 5.87. The molecule has 4 rings (SSSR count). The Bertz CT molecular complexity index is 577. The van der Waals surface area contributed by atoms with E-state index in [-0.39, 0.29) is 5.41 Å². The van der Waals surface area contributed by atoms with Gasteiger partial charge in [-0.05, 0) is 73.1 Å². The highest BCUT2D eigenvalue weighted by atomic mass is 16.3. The molecule has 1 aromatic rings. The lowest BCUT2D eigenvalue weighted by Crippen LogP contribution is -2.42. The number of ketones is 1. The van der Waals surface area contributed by atoms with Gasteiger partial charge < -0.3 is 5.11 Å². The van der Waals surface area contributed by atoms with Crippen molar-refractivity contribution >= 4 is 5.78 Å². The number of hydrogen-bond donors (Lipinski definition) is 1. The zero-order valence-electron chi connectivity index (χ0n) is 12.1. The van der Waals surface area contributed by atoms with E-state index in [0.717, 1.165) is 32.1 Å². The summed E-state index contributed by atoms with van der Waals surface area (Å²) in [5.74, 6) is 2.78. The van der Waals surface area contributed by atoms with Crippen molar-refractivity contribution in [2.24, 2.45) is 17.3 Å². The van der Waals surface area contributed by atoms with Crippen LogP contribution in [-0.2, 0) is 11.2 Å². The van der Waals surface area contributed by atoms with E-state index < -0.39 is 0 Å². The van der Waals surface area contributed by atoms with Crippen molar-refractivity contribution in [2.45, 2.75) is 51.4 Å². The van der Waals surface area contributed by atoms with Crippen LogP contribution in [0, 0.1) is 17.3 Å². The monoisotopic (exact) mass is 270 g/mol. The third kappa shape index (κ3) is 1.54. The Morgan fingerprint density at radius 3 is 2.90 bits per heavy atom. The molecule has 3 aliphatic carbocycles. The van der Waals surface area contributed by atoms with Gasteiger partial charge >= 0.3 is 0 Å². The summed E-state index contributed by atoms with van der Waals surface area (Å²) in [6.45, 7) is 2.22. The van der Waals surface area contributed by atoms with E-state index in [9.17, 15) is 9.90 Å². The molecule has 1 aromatic carbocycles. The van der Waals surface area contributed by atoms with Crippen LogP contribution in [0.2, 0.25) is 0 Å². The Balaban J connectivity index is 1.73. The summed E-state index contributed by atoms with van der Waals surface area (Å²) in [4.78, 5) is 12.3. The van der Waals surface area contributed by atoms with Crippen molar-refractivity contribution in [1.82, 2.24) is 0 Å². The molecule has 0 bridgehead atoms. The number of fused-ring (bicyclic) bond motifs is 5. The molecule has 2 saturated carbocycles. The molecular weight excluding hydrogens is 248 g/mol. The van der Waals surface area contributed by atoms with E-state index >= 15 is 0 Å². The van der Waals surface area contributed by atoms with Crippen LogP contribution in [0.3, 0.4) is 0 Å². The van der Waals surface area contributed by atoms with E-state index in [2.05, 4.69) is 13.0 Å². The van der Waals surface area contributed by atoms with Crippen LogP contribution < -0.4 is 0 Å². The summed E-state index contributed by atoms with van der Waals surface area (Å²) < 4.78 is 0. The maximum Gasteiger partial charge on any atom is 0.139 e. The van der Waals surface area contributed by atoms with Crippen molar-refractivity contribution in [2.75, 3.05) is 0 Å². The highest BCUT2D eigenvalue weighted by Gasteiger charge is 2.54. The summed E-state index contributed by atoms with van der Waals surface area (Å²) in [6, 6.07) is 5.90. The van der Waals surface area contributed by atoms with Crippen molar-refractivity contribution in [1.29, 1.82) is 0 Å². The van der Waals surface area contributed by atoms with Crippen molar-refractivity contribution in [3.63, 3.8) is 0 Å². The predicted molar refractivity (Wildman–Crippen MR) is 77.7 cm³/mol. The van der Waals surface area contributed by atoms with Crippen LogP contribution >= 0.6 is 0 Å². The number of carbonyl (C=O) groups is 1. The Morgan fingerprint density at radius 2 is 2.05 bits per heavy atom. The normalized spacial score (nSPS) is 39.0. The van der Waals surface area contributed by atoms with Gasteiger partial charge in [0.15, 0.2) is 0 Å². The fourth-order valence-electron chi connectivity index (χ4n) is 5.34. The van der Waals surface area contributed by atoms with E-state index in [1.807, 2.05) is 12.1 Å². The van der Waals surface area contributed by atoms with Crippen LogP contribution in [0.1, 0.15) is 56.1 Å². The number of aryl methyl sites for hydroxylation is 1. The topological polar surface area (TPSA) is 37.3 Å². The summed E-state index contributed by atoms with van der Waals surface area (Å²) in [5, 5.41) is 9.67. The Morgan fingerprint density at radius 1 is 1.20 bits per heavy atom. The first-order chi connectivity index (χ1) is 9.59. The molecule has 0 unspecified atom stereocenters. The van der Waals surface area contributed by atoms with E-state index in [0.29, 0.717) is 29.3 Å². The molecule has 106 valence electrons. The van der Waals surface area contributed by atoms with Gasteiger partial charge in [0.1, 0.15) is 11.5 Å². The van der Waals surface area contributed by atoms with Gasteiger partial charge in [-0.2, -0.15) is 0 Å². The van der Waals surface area contributed by atoms with Gasteiger partial charge in [0.2, 0.25) is 0 Å². The van der Waals surface area contributed by atoms with Crippen LogP contribution in [0.5, 0.6) is 5.75 Å². The number of hydrogen-bond acceptors (Lipinski definition) is 2. The largest absolute Gasteiger partial charge is 0.508 e. The van der Waals surface area contributed by atoms with Gasteiger partial charge in [-0.25, -0.2) is 0 Å². The zero-order valence-corrected chi connectivity index (χ0v) is 12.1. The standard InChI is InChI=1S/C18H22O2/c1-18-9-8-14-13-5-3-12(19)10-11(13)2-4-15(14)16(18)6-7-17(18)20/h3,5,10,14-16,19H,2,4,6-9H2,1H3/t14-,15+,16+,18-/m1/s1. The smallest absolute Gasteiger partial charge is 0.139 e. The van der Waals surface area contributed by atoms with E-state index in [1.165, 1.54) is 17.5 Å². The quantitative estimate of drug-likeness (QED) is 0.778. The number of carbonyl (C=O) groups excluding carboxylic acids is 1. The Hall–Kier alpha value is -1.31. The van der Waals surface area contributed by atoms with Crippen LogP contribution in [0.25, 0.3) is 0 Å². The highest BCUT2D eigenvalue weighted by Crippen LogP contribution is 2.59. The molecule has 3 aliphatic rings. The predicted octanol–water partition coefficient (Wildman–Crippen LogP) is 3.82. The number of aromatic hydroxyl groups is 1. The van der Waals surface area contributed by atoms with Gasteiger partial charge in [0.25, 0.3) is 0 Å². The molecule has 0 aromatic heterocycles. The number of benzene rings is 1. The zero-order chi connectivity index (χ0) is 13.9. The number of phenolic OH excluding ortho intramolecular Hbond substituents is 1. The summed E-state index contributed by atoms with van der Waals surface area (Å²) in [6.07, 6.45) is 6.34. The van der Waals surface area contributed by atoms with Crippen molar-refractivity contribution < 1.29 is 9.90 Å². The lowest BCUT2D eigenvalue weighted by atomic mass is 9.55. The van der Waals surface area contributed by atoms with Gasteiger partial charge in [-0.1, -0.05) is 13.0 Å². The fraction of sp³-hybridized carbons (Fsp3) is 0.611. The van der Waals surface area contributed by atoms with Gasteiger partial charge in [0, 0.05) is 11.8 Å². The average molecular weight is 270 g/mol. The van der Waals surface area contributed by atoms with Crippen LogP contribution in [0.4, 0.5) is 0 Å². The van der Waals surface area contributed by atoms with Crippen LogP contribution in [0.15, 0.2) is 18.2 Å². The SMILES string of the molecule is C[C@@]12CC[C@@H]3c4ccc(O)cc4CC[C@@H]3[C@@H]1CCC2=O. The molecule has 0 spiro atoms. The van der Waals surface area contributed by atoms with Crippen molar-refractivity contribution in [3.8, 4) is 5.75 Å². The second-order valence-electron chi connectivity index (χ2n) is 7.22. The fourth-order valence-corrected chi connectivity index (χ4v) is 5.34. The Labute approximate surface area is 120 Å². The maximum atomic E-state index is 12.3. The van der Waals surface area contributed by atoms with E-state index in [1.54, 1.807) is 0 Å².